The molecule has 0 aromatic rings. The molecule has 2 fully saturated rings. The number of hydrogen-bond donors (Lipinski definition) is 1. The monoisotopic (exact) mass is 216 g/mol. The molecule has 0 spiro atoms. The zero-order valence-corrected chi connectivity index (χ0v) is 9.04. The van der Waals surface area contributed by atoms with Crippen molar-refractivity contribution in [3.05, 3.63) is 0 Å². The average molecular weight is 217 g/mol. The molecule has 1 amide bonds. The van der Waals surface area contributed by atoms with Gasteiger partial charge >= 0.3 is 0 Å². The number of likely N-dealkylation sites (tertiary alicyclic amines) is 1. The minimum absolute atomic E-state index is 0.00312. The van der Waals surface area contributed by atoms with E-state index in [4.69, 9.17) is 17.3 Å². The SMILES string of the molecule is N[C@H]1CCCC[C@@H]1N1CC(Cl)CC1=O. The number of carbonyl (C=O) groups excluding carboxylic acids is 1. The van der Waals surface area contributed by atoms with Crippen LogP contribution in [0.15, 0.2) is 0 Å². The summed E-state index contributed by atoms with van der Waals surface area (Å²) in [6, 6.07) is 0.412. The van der Waals surface area contributed by atoms with Crippen LogP contribution in [0.2, 0.25) is 0 Å². The molecule has 0 aromatic heterocycles. The first-order valence-electron chi connectivity index (χ1n) is 5.37. The van der Waals surface area contributed by atoms with Crippen molar-refractivity contribution >= 4 is 17.5 Å². The highest BCUT2D eigenvalue weighted by Crippen LogP contribution is 2.27. The summed E-state index contributed by atoms with van der Waals surface area (Å²) >= 11 is 5.97. The Hall–Kier alpha value is -0.280. The minimum Gasteiger partial charge on any atom is -0.337 e. The fourth-order valence-electron chi connectivity index (χ4n) is 2.53. The van der Waals surface area contributed by atoms with Gasteiger partial charge in [0.15, 0.2) is 0 Å². The second-order valence-electron chi connectivity index (χ2n) is 4.36. The third-order valence-corrected chi connectivity index (χ3v) is 3.59. The molecule has 2 rings (SSSR count). The summed E-state index contributed by atoms with van der Waals surface area (Å²) < 4.78 is 0. The highest BCUT2D eigenvalue weighted by Gasteiger charge is 2.36. The molecule has 0 radical (unpaired) electrons. The number of nitrogens with zero attached hydrogens (tertiary/aromatic N) is 1. The number of alkyl halides is 1. The van der Waals surface area contributed by atoms with Crippen LogP contribution >= 0.6 is 11.6 Å². The van der Waals surface area contributed by atoms with Gasteiger partial charge in [0.05, 0.1) is 5.38 Å². The molecule has 2 aliphatic rings. The summed E-state index contributed by atoms with van der Waals surface area (Å²) in [5.41, 5.74) is 6.03. The lowest BCUT2D eigenvalue weighted by Crippen LogP contribution is -2.50. The first kappa shape index (κ1) is 10.2. The smallest absolute Gasteiger partial charge is 0.224 e. The molecule has 2 N–H and O–H groups in total. The summed E-state index contributed by atoms with van der Waals surface area (Å²) in [6.07, 6.45) is 4.97. The average Bonchev–Trinajstić information content (AvgIpc) is 2.46. The van der Waals surface area contributed by atoms with Crippen molar-refractivity contribution in [3.8, 4) is 0 Å². The zero-order valence-electron chi connectivity index (χ0n) is 8.29. The fourth-order valence-corrected chi connectivity index (χ4v) is 2.81. The third-order valence-electron chi connectivity index (χ3n) is 3.29. The highest BCUT2D eigenvalue weighted by atomic mass is 35.5. The van der Waals surface area contributed by atoms with Gasteiger partial charge in [-0.1, -0.05) is 12.8 Å². The van der Waals surface area contributed by atoms with Crippen LogP contribution in [0, 0.1) is 0 Å². The largest absolute Gasteiger partial charge is 0.337 e. The number of halogens is 1. The molecule has 1 heterocycles. The van der Waals surface area contributed by atoms with E-state index in [-0.39, 0.29) is 23.4 Å². The first-order valence-corrected chi connectivity index (χ1v) is 5.81. The van der Waals surface area contributed by atoms with Crippen LogP contribution in [0.3, 0.4) is 0 Å². The summed E-state index contributed by atoms with van der Waals surface area (Å²) in [5, 5.41) is -0.00312. The molecular weight excluding hydrogens is 200 g/mol. The van der Waals surface area contributed by atoms with Crippen LogP contribution in [-0.4, -0.2) is 34.8 Å². The number of carbonyl (C=O) groups is 1. The summed E-state index contributed by atoms with van der Waals surface area (Å²) in [7, 11) is 0. The highest BCUT2D eigenvalue weighted by molar-refractivity contribution is 6.22. The lowest BCUT2D eigenvalue weighted by atomic mass is 9.90. The Labute approximate surface area is 89.6 Å². The van der Waals surface area contributed by atoms with E-state index in [9.17, 15) is 4.79 Å². The van der Waals surface area contributed by atoms with E-state index in [1.807, 2.05) is 4.90 Å². The lowest BCUT2D eigenvalue weighted by molar-refractivity contribution is -0.130. The number of hydrogen-bond acceptors (Lipinski definition) is 2. The Kier molecular flexibility index (Phi) is 2.98. The second-order valence-corrected chi connectivity index (χ2v) is 4.98. The standard InChI is InChI=1S/C10H17ClN2O/c11-7-5-10(14)13(6-7)9-4-2-1-3-8(9)12/h7-9H,1-6,12H2/t7?,8-,9-/m0/s1. The Morgan fingerprint density at radius 2 is 2.07 bits per heavy atom. The van der Waals surface area contributed by atoms with Crippen molar-refractivity contribution in [3.63, 3.8) is 0 Å². The molecule has 14 heavy (non-hydrogen) atoms. The molecular formula is C10H17ClN2O. The number of nitrogens with two attached hydrogens (primary N) is 1. The summed E-state index contributed by atoms with van der Waals surface area (Å²) in [6.45, 7) is 0.693. The maximum Gasteiger partial charge on any atom is 0.224 e. The zero-order chi connectivity index (χ0) is 10.1. The Bertz CT molecular complexity index is 234. The van der Waals surface area contributed by atoms with Crippen molar-refractivity contribution in [2.75, 3.05) is 6.54 Å². The van der Waals surface area contributed by atoms with Crippen LogP contribution in [0.5, 0.6) is 0 Å². The van der Waals surface area contributed by atoms with Crippen LogP contribution in [0.25, 0.3) is 0 Å². The van der Waals surface area contributed by atoms with Gasteiger partial charge in [-0.15, -0.1) is 11.6 Å². The van der Waals surface area contributed by atoms with Crippen molar-refractivity contribution in [1.29, 1.82) is 0 Å². The van der Waals surface area contributed by atoms with Gasteiger partial charge in [0.25, 0.3) is 0 Å². The van der Waals surface area contributed by atoms with Gasteiger partial charge in [-0.25, -0.2) is 0 Å². The van der Waals surface area contributed by atoms with E-state index in [2.05, 4.69) is 0 Å². The van der Waals surface area contributed by atoms with Gasteiger partial charge in [0, 0.05) is 25.0 Å². The van der Waals surface area contributed by atoms with Crippen molar-refractivity contribution in [2.45, 2.75) is 49.6 Å². The van der Waals surface area contributed by atoms with Gasteiger partial charge in [0.2, 0.25) is 5.91 Å². The Balaban J connectivity index is 2.02. The van der Waals surface area contributed by atoms with E-state index < -0.39 is 0 Å². The third kappa shape index (κ3) is 1.89. The molecule has 3 nitrogen and oxygen atoms in total. The topological polar surface area (TPSA) is 46.3 Å². The van der Waals surface area contributed by atoms with Gasteiger partial charge in [0.1, 0.15) is 0 Å². The van der Waals surface area contributed by atoms with Crippen LogP contribution in [-0.2, 0) is 4.79 Å². The molecule has 1 aliphatic carbocycles. The molecule has 4 heteroatoms. The van der Waals surface area contributed by atoms with E-state index >= 15 is 0 Å². The maximum absolute atomic E-state index is 11.6. The van der Waals surface area contributed by atoms with Crippen LogP contribution in [0.1, 0.15) is 32.1 Å². The van der Waals surface area contributed by atoms with Gasteiger partial charge in [-0.3, -0.25) is 4.79 Å². The van der Waals surface area contributed by atoms with E-state index in [0.717, 1.165) is 12.8 Å². The quantitative estimate of drug-likeness (QED) is 0.668. The Morgan fingerprint density at radius 1 is 1.36 bits per heavy atom. The predicted octanol–water partition coefficient (Wildman–Crippen LogP) is 1.10. The normalized spacial score (nSPS) is 39.1. The van der Waals surface area contributed by atoms with Gasteiger partial charge < -0.3 is 10.6 Å². The molecule has 0 aromatic carbocycles. The fraction of sp³-hybridized carbons (Fsp3) is 0.900. The van der Waals surface area contributed by atoms with Crippen LogP contribution in [0.4, 0.5) is 0 Å². The number of rotatable bonds is 1. The van der Waals surface area contributed by atoms with E-state index in [0.29, 0.717) is 13.0 Å². The minimum atomic E-state index is -0.00312. The first-order chi connectivity index (χ1) is 6.68. The molecule has 1 saturated carbocycles. The van der Waals surface area contributed by atoms with Gasteiger partial charge in [-0.05, 0) is 12.8 Å². The predicted molar refractivity (Wildman–Crippen MR) is 56.2 cm³/mol. The van der Waals surface area contributed by atoms with Crippen LogP contribution < -0.4 is 5.73 Å². The lowest BCUT2D eigenvalue weighted by Gasteiger charge is -2.35. The number of amides is 1. The van der Waals surface area contributed by atoms with E-state index in [1.165, 1.54) is 12.8 Å². The molecule has 1 saturated heterocycles. The maximum atomic E-state index is 11.6. The van der Waals surface area contributed by atoms with E-state index in [1.54, 1.807) is 0 Å². The summed E-state index contributed by atoms with van der Waals surface area (Å²) in [5.74, 6) is 0.187. The molecule has 1 aliphatic heterocycles. The van der Waals surface area contributed by atoms with Gasteiger partial charge in [-0.2, -0.15) is 0 Å². The van der Waals surface area contributed by atoms with Crippen molar-refractivity contribution in [2.24, 2.45) is 5.73 Å². The molecule has 1 unspecified atom stereocenters. The van der Waals surface area contributed by atoms with Crippen molar-refractivity contribution in [1.82, 2.24) is 4.90 Å². The van der Waals surface area contributed by atoms with Crippen molar-refractivity contribution < 1.29 is 4.79 Å². The second kappa shape index (κ2) is 4.07. The summed E-state index contributed by atoms with van der Waals surface area (Å²) in [4.78, 5) is 13.5. The molecule has 80 valence electrons. The Morgan fingerprint density at radius 3 is 2.64 bits per heavy atom. The molecule has 3 atom stereocenters. The molecule has 0 bridgehead atoms.